The molecule has 3 heterocycles. The predicted octanol–water partition coefficient (Wildman–Crippen LogP) is 3.36. The number of hydrazone groups is 1. The van der Waals surface area contributed by atoms with E-state index in [1.165, 1.54) is 31.4 Å². The maximum Gasteiger partial charge on any atom is 0.269 e. The third-order valence-electron chi connectivity index (χ3n) is 7.26. The lowest BCUT2D eigenvalue weighted by Gasteiger charge is -2.33. The number of ether oxygens (including phenoxy) is 1. The van der Waals surface area contributed by atoms with Gasteiger partial charge in [-0.1, -0.05) is 24.3 Å². The van der Waals surface area contributed by atoms with Gasteiger partial charge < -0.3 is 4.74 Å². The number of Topliss-reactive ketones (excluding diaryl/α,β-unsaturated/α-hetero) is 1. The number of rotatable bonds is 5. The monoisotopic (exact) mass is 496 g/mol. The molecular formula is C27H20N4O6. The molecule has 10 heteroatoms. The molecule has 0 saturated carbocycles. The zero-order valence-corrected chi connectivity index (χ0v) is 19.6. The average molecular weight is 496 g/mol. The molecule has 0 aliphatic carbocycles. The third-order valence-corrected chi connectivity index (χ3v) is 7.26. The fourth-order valence-electron chi connectivity index (χ4n) is 5.57. The minimum absolute atomic E-state index is 0.155. The number of nitro groups is 1. The highest BCUT2D eigenvalue weighted by molar-refractivity contribution is 6.24. The van der Waals surface area contributed by atoms with Gasteiger partial charge in [-0.05, 0) is 47.5 Å². The van der Waals surface area contributed by atoms with Crippen LogP contribution >= 0.6 is 0 Å². The van der Waals surface area contributed by atoms with E-state index >= 15 is 0 Å². The Balaban J connectivity index is 1.45. The van der Waals surface area contributed by atoms with E-state index in [1.807, 2.05) is 24.3 Å². The van der Waals surface area contributed by atoms with Crippen LogP contribution in [0.15, 0.2) is 77.9 Å². The standard InChI is InChI=1S/C27H20N4O6/c1-37-19-12-6-15(7-13-19)25(32)24-22-21(23-20-5-3-2-4-16(20)14-28-30(23)24)26(33)29(27(22)34)17-8-10-18(11-9-17)31(35)36/h2-14,21-24H,1H3/t21-,22+,23-,24-/m0/s1. The van der Waals surface area contributed by atoms with E-state index in [4.69, 9.17) is 4.74 Å². The molecule has 184 valence electrons. The Morgan fingerprint density at radius 3 is 2.30 bits per heavy atom. The molecule has 3 aliphatic heterocycles. The first kappa shape index (κ1) is 22.6. The number of hydrogen-bond acceptors (Lipinski definition) is 8. The summed E-state index contributed by atoms with van der Waals surface area (Å²) in [5, 5.41) is 17.2. The van der Waals surface area contributed by atoms with Crippen LogP contribution in [-0.2, 0) is 9.59 Å². The maximum absolute atomic E-state index is 13.9. The molecule has 2 saturated heterocycles. The van der Waals surface area contributed by atoms with Gasteiger partial charge in [-0.15, -0.1) is 0 Å². The average Bonchev–Trinajstić information content (AvgIpc) is 3.40. The molecule has 10 nitrogen and oxygen atoms in total. The van der Waals surface area contributed by atoms with Gasteiger partial charge in [-0.3, -0.25) is 29.5 Å². The summed E-state index contributed by atoms with van der Waals surface area (Å²) in [7, 11) is 1.53. The molecule has 3 aliphatic rings. The smallest absolute Gasteiger partial charge is 0.269 e. The second-order valence-electron chi connectivity index (χ2n) is 9.07. The van der Waals surface area contributed by atoms with E-state index in [0.29, 0.717) is 11.3 Å². The molecule has 0 N–H and O–H groups in total. The first-order chi connectivity index (χ1) is 17.9. The van der Waals surface area contributed by atoms with Crippen molar-refractivity contribution in [3.8, 4) is 5.75 Å². The summed E-state index contributed by atoms with van der Waals surface area (Å²) < 4.78 is 5.19. The highest BCUT2D eigenvalue weighted by atomic mass is 16.6. The number of ketones is 1. The quantitative estimate of drug-likeness (QED) is 0.230. The summed E-state index contributed by atoms with van der Waals surface area (Å²) in [4.78, 5) is 53.1. The van der Waals surface area contributed by atoms with Crippen molar-refractivity contribution in [2.45, 2.75) is 12.1 Å². The molecule has 0 bridgehead atoms. The Hall–Kier alpha value is -4.86. The number of carbonyl (C=O) groups excluding carboxylic acids is 3. The molecule has 2 amide bonds. The molecule has 6 rings (SSSR count). The minimum Gasteiger partial charge on any atom is -0.497 e. The van der Waals surface area contributed by atoms with Crippen LogP contribution < -0.4 is 9.64 Å². The van der Waals surface area contributed by atoms with Gasteiger partial charge in [0.2, 0.25) is 11.8 Å². The molecular weight excluding hydrogens is 476 g/mol. The fraction of sp³-hybridized carbons (Fsp3) is 0.185. The number of carbonyl (C=O) groups is 3. The topological polar surface area (TPSA) is 122 Å². The fourth-order valence-corrected chi connectivity index (χ4v) is 5.57. The number of anilines is 1. The van der Waals surface area contributed by atoms with Gasteiger partial charge in [0.25, 0.3) is 5.69 Å². The number of imide groups is 1. The molecule has 2 fully saturated rings. The second kappa shape index (κ2) is 8.37. The molecule has 0 aromatic heterocycles. The van der Waals surface area contributed by atoms with Crippen LogP contribution in [-0.4, -0.2) is 46.9 Å². The van der Waals surface area contributed by atoms with Crippen molar-refractivity contribution in [2.24, 2.45) is 16.9 Å². The van der Waals surface area contributed by atoms with Crippen LogP contribution in [0.2, 0.25) is 0 Å². The molecule has 37 heavy (non-hydrogen) atoms. The normalized spacial score (nSPS) is 23.5. The molecule has 3 aromatic carbocycles. The molecule has 0 unspecified atom stereocenters. The summed E-state index contributed by atoms with van der Waals surface area (Å²) in [6.07, 6.45) is 1.64. The lowest BCUT2D eigenvalue weighted by Crippen LogP contribution is -2.44. The maximum atomic E-state index is 13.9. The van der Waals surface area contributed by atoms with Crippen LogP contribution in [0.1, 0.15) is 27.5 Å². The Bertz CT molecular complexity index is 1480. The minimum atomic E-state index is -1.01. The predicted molar refractivity (Wildman–Crippen MR) is 132 cm³/mol. The van der Waals surface area contributed by atoms with E-state index < -0.39 is 40.7 Å². The molecule has 0 spiro atoms. The van der Waals surface area contributed by atoms with Crippen molar-refractivity contribution >= 4 is 35.2 Å². The van der Waals surface area contributed by atoms with Crippen molar-refractivity contribution in [3.05, 3.63) is 99.6 Å². The first-order valence-corrected chi connectivity index (χ1v) is 11.6. The van der Waals surface area contributed by atoms with Crippen molar-refractivity contribution in [3.63, 3.8) is 0 Å². The van der Waals surface area contributed by atoms with Crippen LogP contribution in [0.3, 0.4) is 0 Å². The van der Waals surface area contributed by atoms with Crippen molar-refractivity contribution in [2.75, 3.05) is 12.0 Å². The Labute approximate surface area is 210 Å². The SMILES string of the molecule is COc1ccc(C(=O)[C@@H]2[C@@H]3C(=O)N(c4ccc([N+](=O)[O-])cc4)C(=O)[C@@H]3[C@@H]3c4ccccc4C=NN23)cc1. The lowest BCUT2D eigenvalue weighted by atomic mass is 9.83. The number of non-ortho nitro benzene ring substituents is 1. The van der Waals surface area contributed by atoms with E-state index in [9.17, 15) is 24.5 Å². The number of benzene rings is 3. The molecule has 4 atom stereocenters. The van der Waals surface area contributed by atoms with Crippen molar-refractivity contribution in [1.82, 2.24) is 5.01 Å². The highest BCUT2D eigenvalue weighted by Gasteiger charge is 2.65. The van der Waals surface area contributed by atoms with Gasteiger partial charge >= 0.3 is 0 Å². The summed E-state index contributed by atoms with van der Waals surface area (Å²) in [5.41, 5.74) is 2.06. The number of hydrogen-bond donors (Lipinski definition) is 0. The van der Waals surface area contributed by atoms with E-state index in [2.05, 4.69) is 5.10 Å². The van der Waals surface area contributed by atoms with Gasteiger partial charge in [0.1, 0.15) is 11.8 Å². The van der Waals surface area contributed by atoms with Gasteiger partial charge in [0, 0.05) is 17.7 Å². The zero-order chi connectivity index (χ0) is 25.8. The van der Waals surface area contributed by atoms with Gasteiger partial charge in [-0.2, -0.15) is 5.10 Å². The van der Waals surface area contributed by atoms with Crippen LogP contribution in [0.4, 0.5) is 11.4 Å². The number of fused-ring (bicyclic) bond motifs is 5. The molecule has 3 aromatic rings. The molecule has 0 radical (unpaired) electrons. The van der Waals surface area contributed by atoms with E-state index in [0.717, 1.165) is 16.0 Å². The van der Waals surface area contributed by atoms with Crippen molar-refractivity contribution in [1.29, 1.82) is 0 Å². The van der Waals surface area contributed by atoms with Gasteiger partial charge in [0.15, 0.2) is 5.78 Å². The van der Waals surface area contributed by atoms with Gasteiger partial charge in [-0.25, -0.2) is 4.90 Å². The zero-order valence-electron chi connectivity index (χ0n) is 19.6. The van der Waals surface area contributed by atoms with Gasteiger partial charge in [0.05, 0.1) is 41.8 Å². The Morgan fingerprint density at radius 2 is 1.62 bits per heavy atom. The van der Waals surface area contributed by atoms with E-state index in [-0.39, 0.29) is 17.2 Å². The third kappa shape index (κ3) is 3.33. The number of nitro benzene ring substituents is 1. The largest absolute Gasteiger partial charge is 0.497 e. The summed E-state index contributed by atoms with van der Waals surface area (Å²) in [6, 6.07) is 17.7. The Kier molecular flexibility index (Phi) is 5.11. The summed E-state index contributed by atoms with van der Waals surface area (Å²) in [5.74, 6) is -2.57. The van der Waals surface area contributed by atoms with Crippen LogP contribution in [0.5, 0.6) is 5.75 Å². The van der Waals surface area contributed by atoms with Crippen LogP contribution in [0.25, 0.3) is 0 Å². The number of amides is 2. The number of nitrogens with zero attached hydrogens (tertiary/aromatic N) is 4. The second-order valence-corrected chi connectivity index (χ2v) is 9.07. The first-order valence-electron chi connectivity index (χ1n) is 11.6. The van der Waals surface area contributed by atoms with Crippen LogP contribution in [0, 0.1) is 22.0 Å². The number of methoxy groups -OCH3 is 1. The lowest BCUT2D eigenvalue weighted by molar-refractivity contribution is -0.384. The van der Waals surface area contributed by atoms with Crippen molar-refractivity contribution < 1.29 is 24.0 Å². The Morgan fingerprint density at radius 1 is 0.946 bits per heavy atom. The van der Waals surface area contributed by atoms with E-state index in [1.54, 1.807) is 35.5 Å². The summed E-state index contributed by atoms with van der Waals surface area (Å²) >= 11 is 0. The highest BCUT2D eigenvalue weighted by Crippen LogP contribution is 2.53. The summed E-state index contributed by atoms with van der Waals surface area (Å²) in [6.45, 7) is 0.